The molecule has 0 spiro atoms. The predicted octanol–water partition coefficient (Wildman–Crippen LogP) is 2.19. The number of thioether (sulfide) groups is 1. The maximum atomic E-state index is 13.6. The second kappa shape index (κ2) is 16.9. The summed E-state index contributed by atoms with van der Waals surface area (Å²) in [6.07, 6.45) is 1.65. The van der Waals surface area contributed by atoms with Crippen molar-refractivity contribution in [2.45, 2.75) is 98.3 Å². The summed E-state index contributed by atoms with van der Waals surface area (Å²) in [4.78, 5) is 65.0. The van der Waals surface area contributed by atoms with Gasteiger partial charge in [-0.25, -0.2) is 0 Å². The molecule has 0 aliphatic rings. The Bertz CT molecular complexity index is 878. The van der Waals surface area contributed by atoms with Crippen molar-refractivity contribution in [3.05, 3.63) is 0 Å². The van der Waals surface area contributed by atoms with Crippen LogP contribution in [0.1, 0.15) is 81.1 Å². The van der Waals surface area contributed by atoms with Gasteiger partial charge in [0.1, 0.15) is 17.7 Å². The van der Waals surface area contributed by atoms with Crippen molar-refractivity contribution in [2.24, 2.45) is 17.3 Å². The number of methoxy groups -OCH3 is 1. The number of rotatable bonds is 18. The molecule has 4 unspecified atom stereocenters. The van der Waals surface area contributed by atoms with E-state index < -0.39 is 52.2 Å². The summed E-state index contributed by atoms with van der Waals surface area (Å²) in [5, 5.41) is 17.6. The lowest BCUT2D eigenvalue weighted by molar-refractivity contribution is -0.159. The highest BCUT2D eigenvalue weighted by atomic mass is 32.2. The molecule has 232 valence electrons. The van der Waals surface area contributed by atoms with E-state index in [1.54, 1.807) is 47.8 Å². The van der Waals surface area contributed by atoms with Crippen LogP contribution < -0.4 is 16.0 Å². The molecular weight excluding hydrogens is 538 g/mol. The molecule has 11 nitrogen and oxygen atoms in total. The van der Waals surface area contributed by atoms with Crippen LogP contribution in [-0.4, -0.2) is 84.2 Å². The molecule has 3 amide bonds. The molecule has 0 fully saturated rings. The number of hydrogen-bond acceptors (Lipinski definition) is 9. The van der Waals surface area contributed by atoms with Crippen LogP contribution >= 0.6 is 11.8 Å². The zero-order valence-electron chi connectivity index (χ0n) is 25.9. The predicted molar refractivity (Wildman–Crippen MR) is 155 cm³/mol. The number of amides is 3. The second-order valence-electron chi connectivity index (χ2n) is 11.6. The largest absolute Gasteiger partial charge is 0.463 e. The Morgan fingerprint density at radius 3 is 1.95 bits per heavy atom. The number of ether oxygens (including phenoxy) is 2. The Morgan fingerprint density at radius 1 is 0.925 bits per heavy atom. The van der Waals surface area contributed by atoms with Crippen molar-refractivity contribution in [1.29, 1.82) is 0 Å². The second-order valence-corrected chi connectivity index (χ2v) is 12.4. The van der Waals surface area contributed by atoms with Gasteiger partial charge in [0.05, 0.1) is 18.1 Å². The summed E-state index contributed by atoms with van der Waals surface area (Å²) in [6.45, 7) is 13.6. The van der Waals surface area contributed by atoms with Crippen molar-refractivity contribution in [2.75, 3.05) is 33.1 Å². The van der Waals surface area contributed by atoms with Gasteiger partial charge in [-0.2, -0.15) is 0 Å². The summed E-state index contributed by atoms with van der Waals surface area (Å²) < 4.78 is 10.2. The first-order chi connectivity index (χ1) is 18.4. The molecule has 0 rings (SSSR count). The van der Waals surface area contributed by atoms with Gasteiger partial charge in [0, 0.05) is 25.5 Å². The third-order valence-electron chi connectivity index (χ3n) is 6.96. The molecule has 12 heteroatoms. The summed E-state index contributed by atoms with van der Waals surface area (Å²) >= 11 is 0.995. The Balaban J connectivity index is 6.06. The van der Waals surface area contributed by atoms with Crippen LogP contribution in [0.5, 0.6) is 0 Å². The van der Waals surface area contributed by atoms with Crippen molar-refractivity contribution in [1.82, 2.24) is 16.0 Å². The van der Waals surface area contributed by atoms with E-state index in [0.29, 0.717) is 26.0 Å². The molecule has 0 bridgehead atoms. The Morgan fingerprint density at radius 2 is 1.48 bits per heavy atom. The normalized spacial score (nSPS) is 15.7. The quantitative estimate of drug-likeness (QED) is 0.139. The fourth-order valence-corrected chi connectivity index (χ4v) is 4.60. The number of aliphatic hydroxyl groups excluding tert-OH is 1. The third kappa shape index (κ3) is 12.1. The zero-order valence-corrected chi connectivity index (χ0v) is 26.7. The molecule has 4 N–H and O–H groups in total. The van der Waals surface area contributed by atoms with Gasteiger partial charge in [-0.3, -0.25) is 24.0 Å². The zero-order chi connectivity index (χ0) is 31.3. The smallest absolute Gasteiger partial charge is 0.311 e. The summed E-state index contributed by atoms with van der Waals surface area (Å²) in [7, 11) is 1.52. The first kappa shape index (κ1) is 37.8. The van der Waals surface area contributed by atoms with Crippen molar-refractivity contribution in [3.8, 4) is 0 Å². The van der Waals surface area contributed by atoms with E-state index in [0.717, 1.165) is 11.8 Å². The highest BCUT2D eigenvalue weighted by Gasteiger charge is 2.42. The van der Waals surface area contributed by atoms with E-state index in [1.165, 1.54) is 14.0 Å². The van der Waals surface area contributed by atoms with E-state index in [1.807, 2.05) is 6.92 Å². The lowest BCUT2D eigenvalue weighted by Crippen LogP contribution is -2.56. The highest BCUT2D eigenvalue weighted by Crippen LogP contribution is 2.35. The minimum atomic E-state index is -1.22. The van der Waals surface area contributed by atoms with Crippen LogP contribution in [0, 0.1) is 17.3 Å². The maximum absolute atomic E-state index is 13.6. The topological polar surface area (TPSA) is 160 Å². The molecule has 40 heavy (non-hydrogen) atoms. The maximum Gasteiger partial charge on any atom is 0.311 e. The van der Waals surface area contributed by atoms with E-state index in [2.05, 4.69) is 16.0 Å². The van der Waals surface area contributed by atoms with Crippen LogP contribution in [0.2, 0.25) is 0 Å². The highest BCUT2D eigenvalue weighted by molar-refractivity contribution is 8.13. The number of esters is 1. The van der Waals surface area contributed by atoms with Crippen LogP contribution in [0.4, 0.5) is 0 Å². The van der Waals surface area contributed by atoms with Gasteiger partial charge in [-0.15, -0.1) is 0 Å². The van der Waals surface area contributed by atoms with Gasteiger partial charge in [0.2, 0.25) is 22.8 Å². The summed E-state index contributed by atoms with van der Waals surface area (Å²) in [5.41, 5.74) is -3.47. The summed E-state index contributed by atoms with van der Waals surface area (Å²) in [6, 6.07) is 0. The van der Waals surface area contributed by atoms with E-state index >= 15 is 0 Å². The Kier molecular flexibility index (Phi) is 16.0. The van der Waals surface area contributed by atoms with E-state index in [-0.39, 0.29) is 30.5 Å². The molecule has 0 aliphatic heterocycles. The number of carbonyl (C=O) groups excluding carboxylic acids is 5. The minimum absolute atomic E-state index is 0.0577. The number of aliphatic hydroxyl groups is 1. The SMILES string of the molecule is CCC(CC(CC(C)(CC)C(=O)OCC(C)O)C(=O)NC(C)(C)C(=O)SC)C(=O)NC(C)(C)C(=O)NCCOC. The molecule has 0 aliphatic carbocycles. The molecule has 0 heterocycles. The first-order valence-corrected chi connectivity index (χ1v) is 15.0. The van der Waals surface area contributed by atoms with Crippen molar-refractivity contribution >= 4 is 40.6 Å². The van der Waals surface area contributed by atoms with Gasteiger partial charge in [0.25, 0.3) is 0 Å². The third-order valence-corrected chi connectivity index (χ3v) is 7.84. The van der Waals surface area contributed by atoms with Crippen LogP contribution in [0.3, 0.4) is 0 Å². The fourth-order valence-electron chi connectivity index (χ4n) is 4.04. The molecule has 0 aromatic carbocycles. The molecular formula is C28H51N3O8S. The van der Waals surface area contributed by atoms with Gasteiger partial charge < -0.3 is 30.5 Å². The average Bonchev–Trinajstić information content (AvgIpc) is 2.87. The van der Waals surface area contributed by atoms with Gasteiger partial charge in [-0.1, -0.05) is 25.6 Å². The van der Waals surface area contributed by atoms with Gasteiger partial charge in [0.15, 0.2) is 0 Å². The van der Waals surface area contributed by atoms with E-state index in [9.17, 15) is 29.1 Å². The minimum Gasteiger partial charge on any atom is -0.463 e. The molecule has 0 saturated carbocycles. The van der Waals surface area contributed by atoms with E-state index in [4.69, 9.17) is 9.47 Å². The number of hydrogen-bond donors (Lipinski definition) is 4. The number of nitrogens with one attached hydrogen (secondary N) is 3. The molecule has 0 saturated heterocycles. The first-order valence-electron chi connectivity index (χ1n) is 13.8. The average molecular weight is 590 g/mol. The fraction of sp³-hybridized carbons (Fsp3) is 0.821. The number of carbonyl (C=O) groups is 5. The molecule has 0 aromatic rings. The summed E-state index contributed by atoms with van der Waals surface area (Å²) in [5.74, 6) is -3.28. The lowest BCUT2D eigenvalue weighted by atomic mass is 9.75. The van der Waals surface area contributed by atoms with Crippen LogP contribution in [-0.2, 0) is 33.4 Å². The standard InChI is InChI=1S/C28H51N3O8S/c1-11-19(21(33)30-26(4,5)23(35)29-13-14-38-9)15-20(22(34)31-27(6,7)25(37)40-10)16-28(8,12-2)24(36)39-17-18(3)32/h18-20,32H,11-17H2,1-10H3,(H,29,35)(H,30,33)(H,31,34). The Labute approximate surface area is 243 Å². The van der Waals surface area contributed by atoms with Gasteiger partial charge in [-0.05, 0) is 73.5 Å². The van der Waals surface area contributed by atoms with Gasteiger partial charge >= 0.3 is 5.97 Å². The lowest BCUT2D eigenvalue weighted by Gasteiger charge is -2.34. The molecule has 4 atom stereocenters. The van der Waals surface area contributed by atoms with Crippen molar-refractivity contribution < 1.29 is 38.6 Å². The molecule has 0 aromatic heterocycles. The van der Waals surface area contributed by atoms with Crippen LogP contribution in [0.15, 0.2) is 0 Å². The van der Waals surface area contributed by atoms with Crippen molar-refractivity contribution in [3.63, 3.8) is 0 Å². The molecule has 0 radical (unpaired) electrons. The monoisotopic (exact) mass is 589 g/mol. The van der Waals surface area contributed by atoms with Crippen LogP contribution in [0.25, 0.3) is 0 Å². The Hall–Kier alpha value is -2.18.